The van der Waals surface area contributed by atoms with Gasteiger partial charge in [-0.3, -0.25) is 0 Å². The predicted octanol–water partition coefficient (Wildman–Crippen LogP) is -0.847. The molecule has 7 heteroatoms. The third-order valence-corrected chi connectivity index (χ3v) is 2.27. The van der Waals surface area contributed by atoms with Gasteiger partial charge in [0.25, 0.3) is 0 Å². The molecule has 0 aliphatic carbocycles. The van der Waals surface area contributed by atoms with E-state index in [-0.39, 0.29) is 0 Å². The molecule has 0 spiro atoms. The molecule has 0 aliphatic rings. The lowest BCUT2D eigenvalue weighted by Gasteiger charge is -1.99. The molecule has 1 aromatic heterocycles. The van der Waals surface area contributed by atoms with Gasteiger partial charge in [-0.2, -0.15) is 5.26 Å². The Labute approximate surface area is 73.7 Å². The summed E-state index contributed by atoms with van der Waals surface area (Å²) in [6.45, 7) is 0. The Morgan fingerprint density at radius 3 is 3.08 bits per heavy atom. The third-order valence-electron chi connectivity index (χ3n) is 1.14. The zero-order chi connectivity index (χ0) is 8.97. The van der Waals surface area contributed by atoms with E-state index in [1.54, 1.807) is 7.05 Å². The monoisotopic (exact) mass is 184 g/mol. The molecular weight excluding hydrogens is 176 g/mol. The van der Waals surface area contributed by atoms with Gasteiger partial charge < -0.3 is 5.73 Å². The Kier molecular flexibility index (Phi) is 3.01. The maximum Gasteiger partial charge on any atom is 0.209 e. The molecular formula is C5H8N6S. The summed E-state index contributed by atoms with van der Waals surface area (Å²) in [6.07, 6.45) is 0. The van der Waals surface area contributed by atoms with E-state index in [1.165, 1.54) is 16.4 Å². The number of nitrogens with zero attached hydrogens (tertiary/aromatic N) is 5. The Balaban J connectivity index is 2.44. The largest absolute Gasteiger partial charge is 0.315 e. The maximum atomic E-state index is 8.39. The van der Waals surface area contributed by atoms with Gasteiger partial charge in [0.1, 0.15) is 6.04 Å². The number of aryl methyl sites for hydroxylation is 1. The second-order valence-corrected chi connectivity index (χ2v) is 3.12. The summed E-state index contributed by atoms with van der Waals surface area (Å²) in [6, 6.07) is 1.46. The first kappa shape index (κ1) is 8.96. The lowest BCUT2D eigenvalue weighted by Crippen LogP contribution is -2.20. The van der Waals surface area contributed by atoms with Crippen LogP contribution in [-0.4, -0.2) is 32.0 Å². The van der Waals surface area contributed by atoms with Gasteiger partial charge in [-0.05, 0) is 10.4 Å². The number of tetrazole rings is 1. The molecule has 0 fully saturated rings. The lowest BCUT2D eigenvalue weighted by molar-refractivity contribution is 0.664. The smallest absolute Gasteiger partial charge is 0.209 e. The summed E-state index contributed by atoms with van der Waals surface area (Å²) in [5, 5.41) is 19.9. The molecule has 0 saturated carbocycles. The van der Waals surface area contributed by atoms with E-state index < -0.39 is 6.04 Å². The number of nitriles is 1. The van der Waals surface area contributed by atoms with Crippen molar-refractivity contribution in [3.63, 3.8) is 0 Å². The molecule has 1 rings (SSSR count). The standard InChI is InChI=1S/C5H8N6S/c1-11-5(8-9-10-11)12-3-4(7)2-6/h4H,3,7H2,1H3. The zero-order valence-corrected chi connectivity index (χ0v) is 7.32. The van der Waals surface area contributed by atoms with Gasteiger partial charge in [-0.25, -0.2) is 4.68 Å². The summed E-state index contributed by atoms with van der Waals surface area (Å²) in [5.41, 5.74) is 5.38. The molecule has 64 valence electrons. The fourth-order valence-electron chi connectivity index (χ4n) is 0.545. The van der Waals surface area contributed by atoms with Gasteiger partial charge in [0.05, 0.1) is 6.07 Å². The summed E-state index contributed by atoms with van der Waals surface area (Å²) in [7, 11) is 1.74. The molecule has 1 atom stereocenters. The first-order chi connectivity index (χ1) is 5.74. The number of thioether (sulfide) groups is 1. The lowest BCUT2D eigenvalue weighted by atomic mass is 10.4. The van der Waals surface area contributed by atoms with Crippen molar-refractivity contribution >= 4 is 11.8 Å². The molecule has 0 amide bonds. The average Bonchev–Trinajstić information content (AvgIpc) is 2.47. The molecule has 0 radical (unpaired) electrons. The number of hydrogen-bond acceptors (Lipinski definition) is 6. The molecule has 6 nitrogen and oxygen atoms in total. The van der Waals surface area contributed by atoms with Crippen molar-refractivity contribution in [1.82, 2.24) is 20.2 Å². The highest BCUT2D eigenvalue weighted by Gasteiger charge is 2.05. The summed E-state index contributed by atoms with van der Waals surface area (Å²) < 4.78 is 1.54. The van der Waals surface area contributed by atoms with Crippen LogP contribution in [0.2, 0.25) is 0 Å². The first-order valence-corrected chi connectivity index (χ1v) is 4.23. The predicted molar refractivity (Wildman–Crippen MR) is 43.1 cm³/mol. The third kappa shape index (κ3) is 2.18. The molecule has 0 bridgehead atoms. The van der Waals surface area contributed by atoms with Crippen LogP contribution in [0.3, 0.4) is 0 Å². The van der Waals surface area contributed by atoms with E-state index in [4.69, 9.17) is 11.0 Å². The van der Waals surface area contributed by atoms with Crippen LogP contribution >= 0.6 is 11.8 Å². The quantitative estimate of drug-likeness (QED) is 0.615. The normalized spacial score (nSPS) is 12.4. The molecule has 1 heterocycles. The van der Waals surface area contributed by atoms with Crippen LogP contribution in [0.25, 0.3) is 0 Å². The highest BCUT2D eigenvalue weighted by molar-refractivity contribution is 7.99. The van der Waals surface area contributed by atoms with Crippen LogP contribution < -0.4 is 5.73 Å². The van der Waals surface area contributed by atoms with Gasteiger partial charge in [0, 0.05) is 12.8 Å². The van der Waals surface area contributed by atoms with E-state index >= 15 is 0 Å². The Morgan fingerprint density at radius 2 is 2.58 bits per heavy atom. The van der Waals surface area contributed by atoms with Gasteiger partial charge in [0.15, 0.2) is 0 Å². The van der Waals surface area contributed by atoms with Crippen molar-refractivity contribution in [3.05, 3.63) is 0 Å². The van der Waals surface area contributed by atoms with Gasteiger partial charge >= 0.3 is 0 Å². The van der Waals surface area contributed by atoms with Crippen LogP contribution in [0.1, 0.15) is 0 Å². The van der Waals surface area contributed by atoms with Crippen molar-refractivity contribution in [2.24, 2.45) is 12.8 Å². The van der Waals surface area contributed by atoms with Crippen LogP contribution in [0.15, 0.2) is 5.16 Å². The van der Waals surface area contributed by atoms with Gasteiger partial charge in [0.2, 0.25) is 5.16 Å². The molecule has 0 aromatic carbocycles. The fraction of sp³-hybridized carbons (Fsp3) is 0.600. The molecule has 0 aliphatic heterocycles. The average molecular weight is 184 g/mol. The van der Waals surface area contributed by atoms with E-state index in [0.29, 0.717) is 10.9 Å². The number of aromatic nitrogens is 4. The van der Waals surface area contributed by atoms with Crippen LogP contribution in [-0.2, 0) is 7.05 Å². The van der Waals surface area contributed by atoms with Crippen molar-refractivity contribution in [1.29, 1.82) is 5.26 Å². The van der Waals surface area contributed by atoms with E-state index in [2.05, 4.69) is 15.5 Å². The topological polar surface area (TPSA) is 93.4 Å². The number of nitrogens with two attached hydrogens (primary N) is 1. The van der Waals surface area contributed by atoms with Crippen LogP contribution in [0, 0.1) is 11.3 Å². The highest BCUT2D eigenvalue weighted by Crippen LogP contribution is 2.12. The van der Waals surface area contributed by atoms with Crippen molar-refractivity contribution in [2.75, 3.05) is 5.75 Å². The van der Waals surface area contributed by atoms with Crippen LogP contribution in [0.4, 0.5) is 0 Å². The highest BCUT2D eigenvalue weighted by atomic mass is 32.2. The number of hydrogen-bond donors (Lipinski definition) is 1. The minimum Gasteiger partial charge on any atom is -0.315 e. The van der Waals surface area contributed by atoms with Crippen LogP contribution in [0.5, 0.6) is 0 Å². The van der Waals surface area contributed by atoms with E-state index in [9.17, 15) is 0 Å². The van der Waals surface area contributed by atoms with Gasteiger partial charge in [-0.15, -0.1) is 5.10 Å². The molecule has 12 heavy (non-hydrogen) atoms. The summed E-state index contributed by atoms with van der Waals surface area (Å²) in [4.78, 5) is 0. The molecule has 2 N–H and O–H groups in total. The molecule has 1 aromatic rings. The van der Waals surface area contributed by atoms with Gasteiger partial charge in [-0.1, -0.05) is 11.8 Å². The maximum absolute atomic E-state index is 8.39. The second kappa shape index (κ2) is 4.04. The summed E-state index contributed by atoms with van der Waals surface area (Å²) in [5.74, 6) is 0.505. The Morgan fingerprint density at radius 1 is 1.83 bits per heavy atom. The summed E-state index contributed by atoms with van der Waals surface area (Å²) >= 11 is 1.37. The SMILES string of the molecule is Cn1nnnc1SCC(N)C#N. The number of rotatable bonds is 3. The zero-order valence-electron chi connectivity index (χ0n) is 6.51. The van der Waals surface area contributed by atoms with Crippen molar-refractivity contribution in [2.45, 2.75) is 11.2 Å². The molecule has 0 saturated heterocycles. The Hall–Kier alpha value is -1.13. The first-order valence-electron chi connectivity index (χ1n) is 3.24. The minimum absolute atomic E-state index is 0.466. The Bertz CT molecular complexity index is 288. The fourth-order valence-corrected chi connectivity index (χ4v) is 1.27. The molecule has 1 unspecified atom stereocenters. The second-order valence-electron chi connectivity index (χ2n) is 2.13. The minimum atomic E-state index is -0.466. The van der Waals surface area contributed by atoms with Crippen molar-refractivity contribution < 1.29 is 0 Å². The van der Waals surface area contributed by atoms with Crippen molar-refractivity contribution in [3.8, 4) is 6.07 Å². The van der Waals surface area contributed by atoms with E-state index in [1.807, 2.05) is 6.07 Å². The van der Waals surface area contributed by atoms with E-state index in [0.717, 1.165) is 0 Å².